The molecule has 1 aromatic rings. The van der Waals surface area contributed by atoms with Crippen LogP contribution in [0.25, 0.3) is 0 Å². The van der Waals surface area contributed by atoms with Crippen LogP contribution < -0.4 is 10.6 Å². The second-order valence-corrected chi connectivity index (χ2v) is 5.71. The predicted molar refractivity (Wildman–Crippen MR) is 76.2 cm³/mol. The monoisotopic (exact) mass is 263 g/mol. The fourth-order valence-electron chi connectivity index (χ4n) is 3.20. The van der Waals surface area contributed by atoms with Gasteiger partial charge in [0, 0.05) is 10.7 Å². The summed E-state index contributed by atoms with van der Waals surface area (Å²) in [7, 11) is 0. The van der Waals surface area contributed by atoms with Crippen molar-refractivity contribution in [1.29, 1.82) is 0 Å². The van der Waals surface area contributed by atoms with Gasteiger partial charge in [0.2, 0.25) is 0 Å². The summed E-state index contributed by atoms with van der Waals surface area (Å²) in [5, 5.41) is 0.756. The van der Waals surface area contributed by atoms with Gasteiger partial charge in [-0.15, -0.1) is 0 Å². The number of benzene rings is 1. The van der Waals surface area contributed by atoms with Crippen molar-refractivity contribution >= 4 is 23.2 Å². The molecule has 1 aliphatic heterocycles. The Morgan fingerprint density at radius 2 is 1.78 bits per heavy atom. The zero-order valence-corrected chi connectivity index (χ0v) is 11.2. The van der Waals surface area contributed by atoms with E-state index >= 15 is 0 Å². The lowest BCUT2D eigenvalue weighted by atomic mass is 9.80. The van der Waals surface area contributed by atoms with Crippen LogP contribution in [0.2, 0.25) is 5.02 Å². The number of hydrogen-bond acceptors (Lipinski definition) is 3. The second-order valence-electron chi connectivity index (χ2n) is 5.27. The van der Waals surface area contributed by atoms with Gasteiger partial charge in [0.05, 0.1) is 12.1 Å². The third-order valence-electron chi connectivity index (χ3n) is 4.11. The lowest BCUT2D eigenvalue weighted by Gasteiger charge is -2.42. The van der Waals surface area contributed by atoms with Crippen LogP contribution in [0, 0.1) is 0 Å². The highest BCUT2D eigenvalue weighted by Gasteiger charge is 2.43. The van der Waals surface area contributed by atoms with E-state index in [-0.39, 0.29) is 5.54 Å². The Hall–Kier alpha value is -1.22. The molecule has 2 N–H and O–H groups in total. The van der Waals surface area contributed by atoms with E-state index in [0.717, 1.165) is 17.3 Å². The summed E-state index contributed by atoms with van der Waals surface area (Å²) >= 11 is 5.95. The Kier molecular flexibility index (Phi) is 2.94. The highest BCUT2D eigenvalue weighted by Crippen LogP contribution is 2.39. The average Bonchev–Trinajstić information content (AvgIpc) is 2.69. The van der Waals surface area contributed by atoms with Crippen LogP contribution >= 0.6 is 11.6 Å². The molecule has 0 amide bonds. The smallest absolute Gasteiger partial charge is 0.196 e. The van der Waals surface area contributed by atoms with Gasteiger partial charge in [0.25, 0.3) is 0 Å². The lowest BCUT2D eigenvalue weighted by Crippen LogP contribution is -2.53. The van der Waals surface area contributed by atoms with E-state index in [4.69, 9.17) is 17.3 Å². The van der Waals surface area contributed by atoms with E-state index in [1.54, 1.807) is 0 Å². The van der Waals surface area contributed by atoms with Gasteiger partial charge in [-0.3, -0.25) is 4.99 Å². The van der Waals surface area contributed by atoms with Crippen LogP contribution in [-0.4, -0.2) is 18.0 Å². The first-order valence-corrected chi connectivity index (χ1v) is 6.95. The predicted octanol–water partition coefficient (Wildman–Crippen LogP) is 3.18. The third kappa shape index (κ3) is 1.87. The summed E-state index contributed by atoms with van der Waals surface area (Å²) in [4.78, 5) is 6.71. The standard InChI is InChI=1S/C14H18ClN3/c15-11-4-6-12(7-5-11)18-13(16)17-10-14(18)8-2-1-3-9-14/h4-7H,1-3,8-10H2,(H2,16,17). The number of aliphatic imine (C=N–C) groups is 1. The van der Waals surface area contributed by atoms with E-state index < -0.39 is 0 Å². The van der Waals surface area contributed by atoms with E-state index in [2.05, 4.69) is 9.89 Å². The second kappa shape index (κ2) is 4.47. The molecule has 1 aromatic carbocycles. The maximum atomic E-state index is 6.10. The molecule has 0 saturated heterocycles. The first-order chi connectivity index (χ1) is 8.71. The van der Waals surface area contributed by atoms with Crippen molar-refractivity contribution in [3.05, 3.63) is 29.3 Å². The maximum Gasteiger partial charge on any atom is 0.196 e. The molecular weight excluding hydrogens is 246 g/mol. The van der Waals surface area contributed by atoms with Gasteiger partial charge in [-0.1, -0.05) is 30.9 Å². The summed E-state index contributed by atoms with van der Waals surface area (Å²) in [6, 6.07) is 7.90. The fraction of sp³-hybridized carbons (Fsp3) is 0.500. The van der Waals surface area contributed by atoms with Crippen molar-refractivity contribution in [2.45, 2.75) is 37.6 Å². The third-order valence-corrected chi connectivity index (χ3v) is 4.36. The molecule has 1 heterocycles. The normalized spacial score (nSPS) is 22.3. The molecule has 0 unspecified atom stereocenters. The van der Waals surface area contributed by atoms with Crippen molar-refractivity contribution < 1.29 is 0 Å². The summed E-state index contributed by atoms with van der Waals surface area (Å²) in [5.41, 5.74) is 7.33. The molecule has 1 aliphatic carbocycles. The fourth-order valence-corrected chi connectivity index (χ4v) is 3.33. The van der Waals surface area contributed by atoms with Gasteiger partial charge in [0.1, 0.15) is 0 Å². The maximum absolute atomic E-state index is 6.10. The highest BCUT2D eigenvalue weighted by atomic mass is 35.5. The molecule has 1 fully saturated rings. The van der Waals surface area contributed by atoms with E-state index in [9.17, 15) is 0 Å². The van der Waals surface area contributed by atoms with Crippen molar-refractivity contribution in [1.82, 2.24) is 0 Å². The molecule has 4 heteroatoms. The minimum Gasteiger partial charge on any atom is -0.369 e. The topological polar surface area (TPSA) is 41.6 Å². The van der Waals surface area contributed by atoms with Gasteiger partial charge >= 0.3 is 0 Å². The van der Waals surface area contributed by atoms with Crippen molar-refractivity contribution in [2.24, 2.45) is 10.7 Å². The molecule has 1 saturated carbocycles. The van der Waals surface area contributed by atoms with Crippen molar-refractivity contribution in [2.75, 3.05) is 11.4 Å². The number of rotatable bonds is 1. The van der Waals surface area contributed by atoms with E-state index in [1.165, 1.54) is 32.1 Å². The number of hydrogen-bond donors (Lipinski definition) is 1. The number of nitrogens with two attached hydrogens (primary N) is 1. The Balaban J connectivity index is 1.96. The quantitative estimate of drug-likeness (QED) is 0.846. The molecular formula is C14H18ClN3. The minimum absolute atomic E-state index is 0.121. The SMILES string of the molecule is NC1=NCC2(CCCCC2)N1c1ccc(Cl)cc1. The molecule has 1 spiro atoms. The number of anilines is 1. The Morgan fingerprint density at radius 3 is 2.44 bits per heavy atom. The molecule has 96 valence electrons. The molecule has 2 aliphatic rings. The Morgan fingerprint density at radius 1 is 1.11 bits per heavy atom. The van der Waals surface area contributed by atoms with Gasteiger partial charge in [-0.05, 0) is 37.1 Å². The van der Waals surface area contributed by atoms with Crippen LogP contribution in [-0.2, 0) is 0 Å². The first kappa shape index (κ1) is 11.8. The summed E-state index contributed by atoms with van der Waals surface area (Å²) in [6.45, 7) is 0.835. The van der Waals surface area contributed by atoms with Crippen LogP contribution in [0.15, 0.2) is 29.3 Å². The summed E-state index contributed by atoms with van der Waals surface area (Å²) in [5.74, 6) is 0.652. The molecule has 0 aromatic heterocycles. The van der Waals surface area contributed by atoms with Gasteiger partial charge in [-0.2, -0.15) is 0 Å². The minimum atomic E-state index is 0.121. The van der Waals surface area contributed by atoms with E-state index in [0.29, 0.717) is 5.96 Å². The van der Waals surface area contributed by atoms with Crippen LogP contribution in [0.1, 0.15) is 32.1 Å². The van der Waals surface area contributed by atoms with Gasteiger partial charge < -0.3 is 10.6 Å². The van der Waals surface area contributed by atoms with Crippen LogP contribution in [0.3, 0.4) is 0 Å². The Bertz CT molecular complexity index is 460. The van der Waals surface area contributed by atoms with Crippen LogP contribution in [0.5, 0.6) is 0 Å². The zero-order chi connectivity index (χ0) is 12.6. The van der Waals surface area contributed by atoms with Crippen LogP contribution in [0.4, 0.5) is 5.69 Å². The molecule has 0 bridgehead atoms. The average molecular weight is 264 g/mol. The Labute approximate surface area is 113 Å². The molecule has 18 heavy (non-hydrogen) atoms. The molecule has 3 nitrogen and oxygen atoms in total. The molecule has 3 rings (SSSR count). The lowest BCUT2D eigenvalue weighted by molar-refractivity contribution is 0.317. The van der Waals surface area contributed by atoms with Crippen molar-refractivity contribution in [3.63, 3.8) is 0 Å². The number of halogens is 1. The van der Waals surface area contributed by atoms with Gasteiger partial charge in [0.15, 0.2) is 5.96 Å². The molecule has 0 atom stereocenters. The first-order valence-electron chi connectivity index (χ1n) is 6.57. The van der Waals surface area contributed by atoms with Gasteiger partial charge in [-0.25, -0.2) is 0 Å². The van der Waals surface area contributed by atoms with Crippen molar-refractivity contribution in [3.8, 4) is 0 Å². The zero-order valence-electron chi connectivity index (χ0n) is 10.4. The largest absolute Gasteiger partial charge is 0.369 e. The number of nitrogens with zero attached hydrogens (tertiary/aromatic N) is 2. The summed E-state index contributed by atoms with van der Waals surface area (Å²) < 4.78 is 0. The number of guanidine groups is 1. The molecule has 0 radical (unpaired) electrons. The van der Waals surface area contributed by atoms with E-state index in [1.807, 2.05) is 24.3 Å². The highest BCUT2D eigenvalue weighted by molar-refractivity contribution is 6.30. The summed E-state index contributed by atoms with van der Waals surface area (Å²) in [6.07, 6.45) is 6.23.